The summed E-state index contributed by atoms with van der Waals surface area (Å²) in [6, 6.07) is 2.59. The van der Waals surface area contributed by atoms with E-state index in [9.17, 15) is 18.3 Å². The van der Waals surface area contributed by atoms with Crippen LogP contribution in [-0.2, 0) is 0 Å². The van der Waals surface area contributed by atoms with Crippen molar-refractivity contribution in [2.45, 2.75) is 38.6 Å². The van der Waals surface area contributed by atoms with E-state index in [1.54, 1.807) is 6.07 Å². The van der Waals surface area contributed by atoms with E-state index in [4.69, 9.17) is 0 Å². The van der Waals surface area contributed by atoms with Gasteiger partial charge in [0.2, 0.25) is 5.95 Å². The van der Waals surface area contributed by atoms with Crippen molar-refractivity contribution >= 4 is 17.5 Å². The first-order valence-electron chi connectivity index (χ1n) is 8.55. The topological polar surface area (TPSA) is 70.1 Å². The van der Waals surface area contributed by atoms with E-state index in [-0.39, 0.29) is 36.3 Å². The molecule has 3 N–H and O–H groups in total. The van der Waals surface area contributed by atoms with Crippen LogP contribution in [0.15, 0.2) is 18.2 Å². The Kier molecular flexibility index (Phi) is 5.31. The minimum absolute atomic E-state index is 0.0985. The quantitative estimate of drug-likeness (QED) is 0.692. The molecule has 0 saturated heterocycles. The Morgan fingerprint density at radius 3 is 2.31 bits per heavy atom. The summed E-state index contributed by atoms with van der Waals surface area (Å²) in [6.45, 7) is 3.79. The maximum absolute atomic E-state index is 13.9. The molecule has 2 aromatic rings. The van der Waals surface area contributed by atoms with Gasteiger partial charge in [0.1, 0.15) is 17.3 Å². The molecule has 0 amide bonds. The van der Waals surface area contributed by atoms with Crippen LogP contribution < -0.4 is 10.6 Å². The fourth-order valence-electron chi connectivity index (χ4n) is 2.56. The summed E-state index contributed by atoms with van der Waals surface area (Å²) in [5.74, 6) is -2.18. The molecule has 140 valence electrons. The Balaban J connectivity index is 1.91. The molecule has 1 fully saturated rings. The molecule has 26 heavy (non-hydrogen) atoms. The summed E-state index contributed by atoms with van der Waals surface area (Å²) in [7, 11) is 0. The number of halogens is 3. The molecule has 0 unspecified atom stereocenters. The van der Waals surface area contributed by atoms with E-state index in [2.05, 4.69) is 20.6 Å². The highest BCUT2D eigenvalue weighted by Gasteiger charge is 2.27. The van der Waals surface area contributed by atoms with Crippen LogP contribution in [0.5, 0.6) is 0 Å². The van der Waals surface area contributed by atoms with E-state index >= 15 is 0 Å². The van der Waals surface area contributed by atoms with Crippen LogP contribution in [0.25, 0.3) is 0 Å². The zero-order valence-electron chi connectivity index (χ0n) is 14.6. The molecule has 0 bridgehead atoms. The molecule has 1 atom stereocenters. The molecular weight excluding hydrogens is 345 g/mol. The lowest BCUT2D eigenvalue weighted by atomic mass is 10.1. The van der Waals surface area contributed by atoms with Crippen LogP contribution in [0, 0.1) is 23.4 Å². The summed E-state index contributed by atoms with van der Waals surface area (Å²) in [5, 5.41) is 15.1. The van der Waals surface area contributed by atoms with Gasteiger partial charge in [-0.3, -0.25) is 0 Å². The molecule has 5 nitrogen and oxygen atoms in total. The van der Waals surface area contributed by atoms with E-state index in [1.165, 1.54) is 0 Å². The predicted molar refractivity (Wildman–Crippen MR) is 92.9 cm³/mol. The standard InChI is InChI=1S/C18H21F3N4O/c1-9(2)15(8-26)23-18-22-14(10-3-4-10)7-16(25-18)24-17-12(20)5-11(19)6-13(17)21/h5-7,9-10,15,26H,3-4,8H2,1-2H3,(H2,22,23,24,25)/t15-/m1/s1. The number of aromatic nitrogens is 2. The molecule has 1 aliphatic carbocycles. The first-order chi connectivity index (χ1) is 12.4. The Morgan fingerprint density at radius 2 is 1.77 bits per heavy atom. The number of aliphatic hydroxyl groups is 1. The highest BCUT2D eigenvalue weighted by Crippen LogP contribution is 2.40. The summed E-state index contributed by atoms with van der Waals surface area (Å²) < 4.78 is 40.9. The maximum Gasteiger partial charge on any atom is 0.225 e. The molecule has 0 aliphatic heterocycles. The zero-order valence-corrected chi connectivity index (χ0v) is 14.6. The van der Waals surface area contributed by atoms with Crippen LogP contribution in [-0.4, -0.2) is 27.7 Å². The molecule has 1 aliphatic rings. The van der Waals surface area contributed by atoms with Crippen molar-refractivity contribution in [2.24, 2.45) is 5.92 Å². The highest BCUT2D eigenvalue weighted by molar-refractivity contribution is 5.59. The molecule has 0 radical (unpaired) electrons. The van der Waals surface area contributed by atoms with Crippen molar-refractivity contribution < 1.29 is 18.3 Å². The maximum atomic E-state index is 13.9. The molecule has 1 saturated carbocycles. The third kappa shape index (κ3) is 4.24. The zero-order chi connectivity index (χ0) is 18.8. The monoisotopic (exact) mass is 366 g/mol. The van der Waals surface area contributed by atoms with Crippen LogP contribution in [0.3, 0.4) is 0 Å². The third-order valence-corrected chi connectivity index (χ3v) is 4.32. The van der Waals surface area contributed by atoms with Gasteiger partial charge in [-0.25, -0.2) is 18.2 Å². The van der Waals surface area contributed by atoms with Gasteiger partial charge >= 0.3 is 0 Å². The van der Waals surface area contributed by atoms with E-state index in [0.717, 1.165) is 18.5 Å². The van der Waals surface area contributed by atoms with Gasteiger partial charge in [0.25, 0.3) is 0 Å². The minimum atomic E-state index is -1.04. The average Bonchev–Trinajstić information content (AvgIpc) is 3.40. The second-order valence-electron chi connectivity index (χ2n) is 6.82. The van der Waals surface area contributed by atoms with E-state index in [0.29, 0.717) is 12.1 Å². The molecular formula is C18H21F3N4O. The number of benzene rings is 1. The first kappa shape index (κ1) is 18.4. The van der Waals surface area contributed by atoms with Gasteiger partial charge < -0.3 is 15.7 Å². The van der Waals surface area contributed by atoms with Crippen LogP contribution >= 0.6 is 0 Å². The number of hydrogen-bond donors (Lipinski definition) is 3. The van der Waals surface area contributed by atoms with Gasteiger partial charge in [-0.05, 0) is 18.8 Å². The van der Waals surface area contributed by atoms with Crippen molar-refractivity contribution in [3.63, 3.8) is 0 Å². The number of nitrogens with one attached hydrogen (secondary N) is 2. The summed E-state index contributed by atoms with van der Waals surface area (Å²) in [5.41, 5.74) is 0.286. The van der Waals surface area contributed by atoms with Gasteiger partial charge in [0, 0.05) is 24.1 Å². The van der Waals surface area contributed by atoms with Gasteiger partial charge in [-0.1, -0.05) is 13.8 Å². The molecule has 1 heterocycles. The van der Waals surface area contributed by atoms with Gasteiger partial charge in [-0.2, -0.15) is 4.98 Å². The Morgan fingerprint density at radius 1 is 1.12 bits per heavy atom. The van der Waals surface area contributed by atoms with Gasteiger partial charge in [0.05, 0.1) is 18.3 Å². The Hall–Kier alpha value is -2.35. The fourth-order valence-corrected chi connectivity index (χ4v) is 2.56. The van der Waals surface area contributed by atoms with Crippen molar-refractivity contribution in [2.75, 3.05) is 17.2 Å². The number of anilines is 3. The molecule has 1 aromatic heterocycles. The lowest BCUT2D eigenvalue weighted by Gasteiger charge is -2.20. The van der Waals surface area contributed by atoms with E-state index in [1.807, 2.05) is 13.8 Å². The van der Waals surface area contributed by atoms with Crippen LogP contribution in [0.4, 0.5) is 30.6 Å². The Labute approximate surface area is 149 Å². The third-order valence-electron chi connectivity index (χ3n) is 4.32. The first-order valence-corrected chi connectivity index (χ1v) is 8.55. The predicted octanol–water partition coefficient (Wildman–Crippen LogP) is 3.94. The van der Waals surface area contributed by atoms with Crippen LogP contribution in [0.1, 0.15) is 38.3 Å². The molecule has 8 heteroatoms. The minimum Gasteiger partial charge on any atom is -0.394 e. The average molecular weight is 366 g/mol. The summed E-state index contributed by atoms with van der Waals surface area (Å²) >= 11 is 0. The largest absolute Gasteiger partial charge is 0.394 e. The smallest absolute Gasteiger partial charge is 0.225 e. The Bertz CT molecular complexity index is 773. The number of nitrogens with zero attached hydrogens (tertiary/aromatic N) is 2. The van der Waals surface area contributed by atoms with Gasteiger partial charge in [0.15, 0.2) is 11.6 Å². The molecule has 1 aromatic carbocycles. The van der Waals surface area contributed by atoms with E-state index < -0.39 is 23.1 Å². The number of rotatable bonds is 7. The lowest BCUT2D eigenvalue weighted by molar-refractivity contribution is 0.248. The second-order valence-corrected chi connectivity index (χ2v) is 6.82. The van der Waals surface area contributed by atoms with Crippen molar-refractivity contribution in [1.29, 1.82) is 0 Å². The highest BCUT2D eigenvalue weighted by atomic mass is 19.1. The summed E-state index contributed by atoms with van der Waals surface area (Å²) in [4.78, 5) is 8.69. The second kappa shape index (κ2) is 7.49. The normalized spacial score (nSPS) is 15.2. The van der Waals surface area contributed by atoms with Crippen molar-refractivity contribution in [1.82, 2.24) is 9.97 Å². The molecule has 3 rings (SSSR count). The fraction of sp³-hybridized carbons (Fsp3) is 0.444. The van der Waals surface area contributed by atoms with Crippen molar-refractivity contribution in [3.8, 4) is 0 Å². The van der Waals surface area contributed by atoms with Crippen molar-refractivity contribution in [3.05, 3.63) is 41.3 Å². The lowest BCUT2D eigenvalue weighted by Crippen LogP contribution is -2.30. The number of aliphatic hydroxyl groups excluding tert-OH is 1. The molecule has 0 spiro atoms. The van der Waals surface area contributed by atoms with Crippen LogP contribution in [0.2, 0.25) is 0 Å². The summed E-state index contributed by atoms with van der Waals surface area (Å²) in [6.07, 6.45) is 1.98. The number of hydrogen-bond acceptors (Lipinski definition) is 5. The van der Waals surface area contributed by atoms with Gasteiger partial charge in [-0.15, -0.1) is 0 Å². The SMILES string of the molecule is CC(C)[C@@H](CO)Nc1nc(Nc2c(F)cc(F)cc2F)cc(C2CC2)n1.